The summed E-state index contributed by atoms with van der Waals surface area (Å²) in [6, 6.07) is 21.4. The molecule has 0 unspecified atom stereocenters. The van der Waals surface area contributed by atoms with Gasteiger partial charge in [-0.1, -0.05) is 60.7 Å². The fourth-order valence-electron chi connectivity index (χ4n) is 4.74. The Kier molecular flexibility index (Phi) is 6.43. The molecule has 2 heterocycles. The molecule has 0 spiro atoms. The average Bonchev–Trinajstić information content (AvgIpc) is 2.76. The maximum Gasteiger partial charge on any atom is 0.225 e. The Morgan fingerprint density at radius 1 is 0.750 bits per heavy atom. The zero-order chi connectivity index (χ0) is 19.2. The van der Waals surface area contributed by atoms with Crippen LogP contribution >= 0.6 is 0 Å². The molecular weight excluding hydrogens is 344 g/mol. The summed E-state index contributed by atoms with van der Waals surface area (Å²) in [7, 11) is 0. The largest absolute Gasteiger partial charge is 0.342 e. The number of amides is 1. The third-order valence-electron chi connectivity index (χ3n) is 6.48. The fraction of sp³-hybridized carbons (Fsp3) is 0.480. The van der Waals surface area contributed by atoms with Crippen molar-refractivity contribution in [1.82, 2.24) is 9.80 Å². The second-order valence-electron chi connectivity index (χ2n) is 8.49. The molecular formula is C25H32N2O. The van der Waals surface area contributed by atoms with Gasteiger partial charge in [-0.3, -0.25) is 9.69 Å². The lowest BCUT2D eigenvalue weighted by atomic mass is 9.88. The van der Waals surface area contributed by atoms with Crippen LogP contribution in [0.3, 0.4) is 0 Å². The molecule has 2 aromatic rings. The van der Waals surface area contributed by atoms with Crippen LogP contribution in [-0.4, -0.2) is 41.9 Å². The van der Waals surface area contributed by atoms with Crippen molar-refractivity contribution in [3.8, 4) is 0 Å². The maximum atomic E-state index is 13.0. The van der Waals surface area contributed by atoms with Crippen LogP contribution in [0.15, 0.2) is 60.7 Å². The first-order valence-corrected chi connectivity index (χ1v) is 10.9. The van der Waals surface area contributed by atoms with Crippen molar-refractivity contribution in [3.63, 3.8) is 0 Å². The average molecular weight is 377 g/mol. The van der Waals surface area contributed by atoms with Crippen molar-refractivity contribution in [3.05, 3.63) is 71.8 Å². The zero-order valence-electron chi connectivity index (χ0n) is 16.8. The monoisotopic (exact) mass is 376 g/mol. The number of likely N-dealkylation sites (tertiary alicyclic amines) is 2. The van der Waals surface area contributed by atoms with E-state index in [2.05, 4.69) is 70.5 Å². The molecule has 2 aromatic carbocycles. The molecule has 4 rings (SSSR count). The van der Waals surface area contributed by atoms with Gasteiger partial charge in [-0.05, 0) is 62.2 Å². The molecule has 0 bridgehead atoms. The first kappa shape index (κ1) is 19.2. The Balaban J connectivity index is 1.20. The summed E-state index contributed by atoms with van der Waals surface area (Å²) >= 11 is 0. The number of carbonyl (C=O) groups is 1. The Morgan fingerprint density at radius 3 is 1.93 bits per heavy atom. The summed E-state index contributed by atoms with van der Waals surface area (Å²) in [6.07, 6.45) is 5.47. The van der Waals surface area contributed by atoms with Gasteiger partial charge in [0.2, 0.25) is 5.91 Å². The highest BCUT2D eigenvalue weighted by Crippen LogP contribution is 2.26. The summed E-state index contributed by atoms with van der Waals surface area (Å²) in [6.45, 7) is 4.97. The van der Waals surface area contributed by atoms with Crippen LogP contribution < -0.4 is 0 Å². The maximum absolute atomic E-state index is 13.0. The highest BCUT2D eigenvalue weighted by Gasteiger charge is 2.30. The number of nitrogens with zero attached hydrogens (tertiary/aromatic N) is 2. The Hall–Kier alpha value is -2.13. The summed E-state index contributed by atoms with van der Waals surface area (Å²) in [5.74, 6) is 1.37. The van der Waals surface area contributed by atoms with Gasteiger partial charge in [-0.25, -0.2) is 0 Å². The number of carbonyl (C=O) groups excluding carboxylic acids is 1. The van der Waals surface area contributed by atoms with Crippen LogP contribution in [0.1, 0.15) is 36.8 Å². The lowest BCUT2D eigenvalue weighted by Gasteiger charge is -2.37. The summed E-state index contributed by atoms with van der Waals surface area (Å²) < 4.78 is 0. The van der Waals surface area contributed by atoms with Gasteiger partial charge in [0.05, 0.1) is 0 Å². The number of hydrogen-bond donors (Lipinski definition) is 0. The van der Waals surface area contributed by atoms with E-state index < -0.39 is 0 Å². The summed E-state index contributed by atoms with van der Waals surface area (Å²) in [5.41, 5.74) is 2.80. The van der Waals surface area contributed by atoms with E-state index in [1.165, 1.54) is 11.1 Å². The molecule has 3 nitrogen and oxygen atoms in total. The van der Waals surface area contributed by atoms with E-state index in [0.717, 1.165) is 70.7 Å². The molecule has 0 atom stereocenters. The molecule has 2 aliphatic heterocycles. The minimum atomic E-state index is 0.234. The number of rotatable bonds is 5. The van der Waals surface area contributed by atoms with E-state index in [9.17, 15) is 4.79 Å². The van der Waals surface area contributed by atoms with Gasteiger partial charge >= 0.3 is 0 Å². The van der Waals surface area contributed by atoms with Gasteiger partial charge in [0.25, 0.3) is 0 Å². The molecule has 2 aliphatic rings. The number of benzene rings is 2. The highest BCUT2D eigenvalue weighted by molar-refractivity contribution is 5.79. The zero-order valence-corrected chi connectivity index (χ0v) is 16.8. The van der Waals surface area contributed by atoms with Crippen molar-refractivity contribution in [1.29, 1.82) is 0 Å². The normalized spacial score (nSPS) is 19.6. The van der Waals surface area contributed by atoms with Crippen LogP contribution in [0.5, 0.6) is 0 Å². The molecule has 1 amide bonds. The van der Waals surface area contributed by atoms with Gasteiger partial charge in [0.1, 0.15) is 0 Å². The predicted octanol–water partition coefficient (Wildman–Crippen LogP) is 4.38. The first-order chi connectivity index (χ1) is 13.8. The molecule has 0 saturated carbocycles. The first-order valence-electron chi connectivity index (χ1n) is 10.9. The van der Waals surface area contributed by atoms with Gasteiger partial charge in [-0.15, -0.1) is 0 Å². The van der Waals surface area contributed by atoms with Crippen LogP contribution in [0, 0.1) is 11.8 Å². The van der Waals surface area contributed by atoms with Crippen molar-refractivity contribution in [2.75, 3.05) is 26.2 Å². The van der Waals surface area contributed by atoms with Crippen LogP contribution in [0.25, 0.3) is 0 Å². The topological polar surface area (TPSA) is 23.6 Å². The molecule has 0 aromatic heterocycles. The summed E-state index contributed by atoms with van der Waals surface area (Å²) in [4.78, 5) is 17.6. The van der Waals surface area contributed by atoms with Gasteiger partial charge in [-0.2, -0.15) is 0 Å². The molecule has 0 radical (unpaired) electrons. The molecule has 28 heavy (non-hydrogen) atoms. The Morgan fingerprint density at radius 2 is 1.32 bits per heavy atom. The van der Waals surface area contributed by atoms with E-state index in [4.69, 9.17) is 0 Å². The van der Waals surface area contributed by atoms with Crippen molar-refractivity contribution in [2.24, 2.45) is 11.8 Å². The summed E-state index contributed by atoms with van der Waals surface area (Å²) in [5, 5.41) is 0. The molecule has 2 fully saturated rings. The Bertz CT molecular complexity index is 666. The smallest absolute Gasteiger partial charge is 0.225 e. The Labute approximate surface area is 169 Å². The van der Waals surface area contributed by atoms with Crippen LogP contribution in [0.4, 0.5) is 0 Å². The number of piperidine rings is 2. The van der Waals surface area contributed by atoms with Crippen molar-refractivity contribution < 1.29 is 4.79 Å². The SMILES string of the molecule is O=C(C1CCN(Cc2ccccc2)CC1)N1CCC(Cc2ccccc2)CC1. The van der Waals surface area contributed by atoms with Crippen LogP contribution in [0.2, 0.25) is 0 Å². The predicted molar refractivity (Wildman–Crippen MR) is 114 cm³/mol. The van der Waals surface area contributed by atoms with Crippen molar-refractivity contribution in [2.45, 2.75) is 38.6 Å². The molecule has 0 aliphatic carbocycles. The fourth-order valence-corrected chi connectivity index (χ4v) is 4.74. The third-order valence-corrected chi connectivity index (χ3v) is 6.48. The standard InChI is InChI=1S/C25H32N2O/c28-25(24-13-15-26(16-14-24)20-23-9-5-2-6-10-23)27-17-11-22(12-18-27)19-21-7-3-1-4-8-21/h1-10,22,24H,11-20H2. The van der Waals surface area contributed by atoms with E-state index in [1.54, 1.807) is 0 Å². The highest BCUT2D eigenvalue weighted by atomic mass is 16.2. The second-order valence-corrected chi connectivity index (χ2v) is 8.49. The molecule has 2 saturated heterocycles. The quantitative estimate of drug-likeness (QED) is 0.773. The van der Waals surface area contributed by atoms with E-state index >= 15 is 0 Å². The van der Waals surface area contributed by atoms with Crippen LogP contribution in [-0.2, 0) is 17.8 Å². The third kappa shape index (κ3) is 5.02. The molecule has 0 N–H and O–H groups in total. The lowest BCUT2D eigenvalue weighted by molar-refractivity contribution is -0.138. The van der Waals surface area contributed by atoms with E-state index in [0.29, 0.717) is 5.91 Å². The second kappa shape index (κ2) is 9.38. The van der Waals surface area contributed by atoms with E-state index in [-0.39, 0.29) is 5.92 Å². The number of hydrogen-bond acceptors (Lipinski definition) is 2. The van der Waals surface area contributed by atoms with Crippen molar-refractivity contribution >= 4 is 5.91 Å². The minimum absolute atomic E-state index is 0.234. The van der Waals surface area contributed by atoms with Gasteiger partial charge in [0.15, 0.2) is 0 Å². The lowest BCUT2D eigenvalue weighted by Crippen LogP contribution is -2.45. The minimum Gasteiger partial charge on any atom is -0.342 e. The van der Waals surface area contributed by atoms with E-state index in [1.807, 2.05) is 0 Å². The van der Waals surface area contributed by atoms with Gasteiger partial charge < -0.3 is 4.90 Å². The molecule has 148 valence electrons. The molecule has 3 heteroatoms. The van der Waals surface area contributed by atoms with Gasteiger partial charge in [0, 0.05) is 25.6 Å².